The lowest BCUT2D eigenvalue weighted by atomic mass is 9.89. The largest absolute Gasteiger partial charge is 0.465 e. The van der Waals surface area contributed by atoms with Crippen LogP contribution in [0, 0.1) is 17.8 Å². The average molecular weight is 198 g/mol. The molecule has 1 rings (SSSR count). The topological polar surface area (TPSA) is 43.4 Å². The molecular formula is C11H18O3. The minimum Gasteiger partial charge on any atom is -0.465 e. The quantitative estimate of drug-likeness (QED) is 0.499. The minimum atomic E-state index is -0.539. The summed E-state index contributed by atoms with van der Waals surface area (Å²) in [7, 11) is 0. The summed E-state index contributed by atoms with van der Waals surface area (Å²) in [5.74, 6) is -0.630. The zero-order valence-electron chi connectivity index (χ0n) is 9.08. The zero-order chi connectivity index (χ0) is 10.7. The maximum absolute atomic E-state index is 11.8. The van der Waals surface area contributed by atoms with E-state index in [4.69, 9.17) is 4.74 Å². The van der Waals surface area contributed by atoms with Crippen molar-refractivity contribution < 1.29 is 14.3 Å². The van der Waals surface area contributed by atoms with Crippen LogP contribution in [0.3, 0.4) is 0 Å². The van der Waals surface area contributed by atoms with Gasteiger partial charge in [0.1, 0.15) is 11.7 Å². The van der Waals surface area contributed by atoms with E-state index in [0.29, 0.717) is 6.61 Å². The van der Waals surface area contributed by atoms with E-state index in [-0.39, 0.29) is 23.6 Å². The Kier molecular flexibility index (Phi) is 3.67. The number of esters is 1. The molecular weight excluding hydrogens is 180 g/mol. The van der Waals surface area contributed by atoms with Crippen molar-refractivity contribution in [2.24, 2.45) is 17.8 Å². The van der Waals surface area contributed by atoms with Crippen LogP contribution in [0.2, 0.25) is 0 Å². The van der Waals surface area contributed by atoms with Crippen molar-refractivity contribution in [1.29, 1.82) is 0 Å². The predicted molar refractivity (Wildman–Crippen MR) is 52.7 cm³/mol. The molecule has 0 radical (unpaired) electrons. The van der Waals surface area contributed by atoms with Gasteiger partial charge in [0, 0.05) is 5.92 Å². The van der Waals surface area contributed by atoms with Gasteiger partial charge in [-0.15, -0.1) is 0 Å². The summed E-state index contributed by atoms with van der Waals surface area (Å²) in [4.78, 5) is 23.3. The van der Waals surface area contributed by atoms with E-state index in [1.807, 2.05) is 13.8 Å². The molecule has 0 saturated heterocycles. The van der Waals surface area contributed by atoms with E-state index in [9.17, 15) is 9.59 Å². The van der Waals surface area contributed by atoms with E-state index in [1.165, 1.54) is 0 Å². The molecule has 0 aliphatic heterocycles. The molecule has 0 aromatic heterocycles. The van der Waals surface area contributed by atoms with Crippen LogP contribution < -0.4 is 0 Å². The number of Topliss-reactive ketones (excluding diaryl/α,β-unsaturated/α-hetero) is 1. The summed E-state index contributed by atoms with van der Waals surface area (Å²) in [6, 6.07) is 0. The maximum Gasteiger partial charge on any atom is 0.316 e. The third-order valence-corrected chi connectivity index (χ3v) is 2.49. The van der Waals surface area contributed by atoms with E-state index in [0.717, 1.165) is 12.8 Å². The van der Waals surface area contributed by atoms with Crippen LogP contribution in [-0.4, -0.2) is 18.4 Å². The van der Waals surface area contributed by atoms with Crippen LogP contribution >= 0.6 is 0 Å². The molecule has 1 aliphatic carbocycles. The first-order valence-electron chi connectivity index (χ1n) is 5.28. The Morgan fingerprint density at radius 2 is 1.93 bits per heavy atom. The van der Waals surface area contributed by atoms with Gasteiger partial charge in [-0.05, 0) is 25.7 Å². The molecule has 0 spiro atoms. The first kappa shape index (κ1) is 11.2. The van der Waals surface area contributed by atoms with Gasteiger partial charge < -0.3 is 4.74 Å². The van der Waals surface area contributed by atoms with E-state index in [1.54, 1.807) is 6.92 Å². The standard InChI is InChI=1S/C11H18O3/c1-4-14-11(13)9(7(2)3)10(12)8-5-6-8/h7-9H,4-6H2,1-3H3. The third-order valence-electron chi connectivity index (χ3n) is 2.49. The molecule has 1 fully saturated rings. The normalized spacial score (nSPS) is 18.0. The molecule has 0 aromatic rings. The number of hydrogen-bond donors (Lipinski definition) is 0. The maximum atomic E-state index is 11.8. The molecule has 0 amide bonds. The van der Waals surface area contributed by atoms with Crippen molar-refractivity contribution >= 4 is 11.8 Å². The SMILES string of the molecule is CCOC(=O)C(C(=O)C1CC1)C(C)C. The Balaban J connectivity index is 2.62. The summed E-state index contributed by atoms with van der Waals surface area (Å²) < 4.78 is 4.90. The Bertz CT molecular complexity index is 229. The highest BCUT2D eigenvalue weighted by Crippen LogP contribution is 2.34. The molecule has 14 heavy (non-hydrogen) atoms. The molecule has 1 atom stereocenters. The van der Waals surface area contributed by atoms with Crippen LogP contribution in [-0.2, 0) is 14.3 Å². The van der Waals surface area contributed by atoms with Crippen LogP contribution in [0.25, 0.3) is 0 Å². The number of carbonyl (C=O) groups is 2. The number of ether oxygens (including phenoxy) is 1. The second-order valence-electron chi connectivity index (χ2n) is 4.15. The zero-order valence-corrected chi connectivity index (χ0v) is 9.08. The monoisotopic (exact) mass is 198 g/mol. The third kappa shape index (κ3) is 2.56. The second kappa shape index (κ2) is 4.58. The lowest BCUT2D eigenvalue weighted by Gasteiger charge is -2.17. The first-order valence-corrected chi connectivity index (χ1v) is 5.28. The highest BCUT2D eigenvalue weighted by Gasteiger charge is 2.40. The summed E-state index contributed by atoms with van der Waals surface area (Å²) >= 11 is 0. The van der Waals surface area contributed by atoms with Crippen LogP contribution in [0.15, 0.2) is 0 Å². The van der Waals surface area contributed by atoms with Gasteiger partial charge >= 0.3 is 5.97 Å². The van der Waals surface area contributed by atoms with Gasteiger partial charge in [0.05, 0.1) is 6.61 Å². The highest BCUT2D eigenvalue weighted by atomic mass is 16.5. The molecule has 1 saturated carbocycles. The van der Waals surface area contributed by atoms with Gasteiger partial charge in [0.15, 0.2) is 0 Å². The van der Waals surface area contributed by atoms with Crippen molar-refractivity contribution in [3.8, 4) is 0 Å². The Morgan fingerprint density at radius 3 is 2.29 bits per heavy atom. The van der Waals surface area contributed by atoms with Crippen LogP contribution in [0.4, 0.5) is 0 Å². The van der Waals surface area contributed by atoms with E-state index >= 15 is 0 Å². The van der Waals surface area contributed by atoms with Crippen molar-refractivity contribution in [1.82, 2.24) is 0 Å². The number of ketones is 1. The minimum absolute atomic E-state index is 0.0437. The molecule has 3 heteroatoms. The lowest BCUT2D eigenvalue weighted by Crippen LogP contribution is -2.31. The fourth-order valence-corrected chi connectivity index (χ4v) is 1.57. The van der Waals surface area contributed by atoms with E-state index < -0.39 is 5.92 Å². The molecule has 1 unspecified atom stereocenters. The van der Waals surface area contributed by atoms with Crippen molar-refractivity contribution in [2.75, 3.05) is 6.61 Å². The number of carbonyl (C=O) groups excluding carboxylic acids is 2. The summed E-state index contributed by atoms with van der Waals surface area (Å²) in [6.45, 7) is 5.89. The molecule has 80 valence electrons. The van der Waals surface area contributed by atoms with E-state index in [2.05, 4.69) is 0 Å². The Hall–Kier alpha value is -0.860. The lowest BCUT2D eigenvalue weighted by molar-refractivity contribution is -0.153. The second-order valence-corrected chi connectivity index (χ2v) is 4.15. The first-order chi connectivity index (χ1) is 6.57. The summed E-state index contributed by atoms with van der Waals surface area (Å²) in [5.41, 5.74) is 0. The average Bonchev–Trinajstić information content (AvgIpc) is 2.85. The van der Waals surface area contributed by atoms with Gasteiger partial charge in [-0.1, -0.05) is 13.8 Å². The fraction of sp³-hybridized carbons (Fsp3) is 0.818. The Labute approximate surface area is 84.8 Å². The molecule has 0 aromatic carbocycles. The van der Waals surface area contributed by atoms with Crippen molar-refractivity contribution in [3.05, 3.63) is 0 Å². The molecule has 0 N–H and O–H groups in total. The number of hydrogen-bond acceptors (Lipinski definition) is 3. The van der Waals surface area contributed by atoms with Gasteiger partial charge in [-0.2, -0.15) is 0 Å². The van der Waals surface area contributed by atoms with Gasteiger partial charge in [-0.25, -0.2) is 0 Å². The van der Waals surface area contributed by atoms with Crippen molar-refractivity contribution in [2.45, 2.75) is 33.6 Å². The molecule has 1 aliphatic rings. The summed E-state index contributed by atoms with van der Waals surface area (Å²) in [6.07, 6.45) is 1.89. The van der Waals surface area contributed by atoms with Crippen molar-refractivity contribution in [3.63, 3.8) is 0 Å². The highest BCUT2D eigenvalue weighted by molar-refractivity contribution is 6.01. The smallest absolute Gasteiger partial charge is 0.316 e. The van der Waals surface area contributed by atoms with Gasteiger partial charge in [0.25, 0.3) is 0 Å². The summed E-state index contributed by atoms with van der Waals surface area (Å²) in [5, 5.41) is 0. The fourth-order valence-electron chi connectivity index (χ4n) is 1.57. The molecule has 0 heterocycles. The Morgan fingerprint density at radius 1 is 1.36 bits per heavy atom. The molecule has 3 nitrogen and oxygen atoms in total. The van der Waals surface area contributed by atoms with Gasteiger partial charge in [-0.3, -0.25) is 9.59 Å². The van der Waals surface area contributed by atoms with Gasteiger partial charge in [0.2, 0.25) is 0 Å². The van der Waals surface area contributed by atoms with Crippen LogP contribution in [0.1, 0.15) is 33.6 Å². The predicted octanol–water partition coefficient (Wildman–Crippen LogP) is 1.80. The number of rotatable bonds is 5. The van der Waals surface area contributed by atoms with Crippen LogP contribution in [0.5, 0.6) is 0 Å². The molecule has 0 bridgehead atoms.